The highest BCUT2D eigenvalue weighted by molar-refractivity contribution is 7.92. The molecule has 1 unspecified atom stereocenters. The monoisotopic (exact) mass is 685 g/mol. The molecule has 0 heterocycles. The molecule has 4 aromatic carbocycles. The van der Waals surface area contributed by atoms with E-state index in [0.717, 1.165) is 9.87 Å². The van der Waals surface area contributed by atoms with E-state index in [1.807, 2.05) is 44.2 Å². The number of carbonyl (C=O) groups excluding carboxylic acids is 2. The highest BCUT2D eigenvalue weighted by atomic mass is 35.5. The summed E-state index contributed by atoms with van der Waals surface area (Å²) >= 11 is 19.2. The fraction of sp³-hybridized carbons (Fsp3) is 0.235. The summed E-state index contributed by atoms with van der Waals surface area (Å²) in [6.07, 6.45) is 0.180. The van der Waals surface area contributed by atoms with Gasteiger partial charge in [0.2, 0.25) is 11.8 Å². The maximum Gasteiger partial charge on any atom is 0.264 e. The van der Waals surface area contributed by atoms with Crippen LogP contribution in [-0.2, 0) is 32.6 Å². The van der Waals surface area contributed by atoms with Crippen molar-refractivity contribution >= 4 is 62.3 Å². The first-order valence-electron chi connectivity index (χ1n) is 14.3. The van der Waals surface area contributed by atoms with Gasteiger partial charge < -0.3 is 10.2 Å². The molecule has 236 valence electrons. The first-order valence-corrected chi connectivity index (χ1v) is 16.9. The molecule has 4 rings (SSSR count). The summed E-state index contributed by atoms with van der Waals surface area (Å²) in [5.41, 5.74) is 1.49. The molecular weight excluding hydrogens is 653 g/mol. The topological polar surface area (TPSA) is 86.8 Å². The second-order valence-electron chi connectivity index (χ2n) is 10.9. The van der Waals surface area contributed by atoms with Crippen LogP contribution in [0.25, 0.3) is 0 Å². The largest absolute Gasteiger partial charge is 0.354 e. The van der Waals surface area contributed by atoms with Crippen LogP contribution in [-0.4, -0.2) is 44.3 Å². The van der Waals surface area contributed by atoms with Crippen LogP contribution in [0.15, 0.2) is 108 Å². The summed E-state index contributed by atoms with van der Waals surface area (Å²) in [6.45, 7) is 3.62. The number of nitrogens with one attached hydrogen (secondary N) is 1. The zero-order valence-electron chi connectivity index (χ0n) is 24.9. The second-order valence-corrected chi connectivity index (χ2v) is 14.0. The number of amides is 2. The molecule has 0 aromatic heterocycles. The lowest BCUT2D eigenvalue weighted by Crippen LogP contribution is -2.53. The molecule has 0 aliphatic heterocycles. The van der Waals surface area contributed by atoms with Crippen molar-refractivity contribution in [2.75, 3.05) is 17.4 Å². The zero-order valence-corrected chi connectivity index (χ0v) is 28.0. The number of para-hydroxylation sites is 1. The highest BCUT2D eigenvalue weighted by Crippen LogP contribution is 2.31. The van der Waals surface area contributed by atoms with Gasteiger partial charge in [0.1, 0.15) is 12.6 Å². The van der Waals surface area contributed by atoms with Gasteiger partial charge in [0.05, 0.1) is 15.6 Å². The number of halogens is 3. The maximum absolute atomic E-state index is 14.5. The molecule has 2 amide bonds. The van der Waals surface area contributed by atoms with E-state index in [0.29, 0.717) is 22.2 Å². The minimum atomic E-state index is -4.26. The van der Waals surface area contributed by atoms with Gasteiger partial charge in [-0.15, -0.1) is 0 Å². The Morgan fingerprint density at radius 1 is 0.800 bits per heavy atom. The minimum absolute atomic E-state index is 0.0134. The van der Waals surface area contributed by atoms with Crippen molar-refractivity contribution in [2.24, 2.45) is 5.92 Å². The first-order chi connectivity index (χ1) is 21.5. The van der Waals surface area contributed by atoms with Gasteiger partial charge >= 0.3 is 0 Å². The van der Waals surface area contributed by atoms with Crippen molar-refractivity contribution < 1.29 is 18.0 Å². The number of sulfonamides is 1. The standard InChI is InChI=1S/C34H34Cl3N3O4S/c1-24(2)21-38-34(42)32(19-25-11-5-3-6-12-25)39(22-26-17-18-27(35)20-30(26)37)33(41)23-40(31-16-10-9-15-29(31)36)45(43,44)28-13-7-4-8-14-28/h3-18,20,24,32H,19,21-23H2,1-2H3,(H,38,42). The van der Waals surface area contributed by atoms with Crippen LogP contribution >= 0.6 is 34.8 Å². The molecule has 7 nitrogen and oxygen atoms in total. The van der Waals surface area contributed by atoms with E-state index in [9.17, 15) is 18.0 Å². The van der Waals surface area contributed by atoms with Crippen molar-refractivity contribution in [1.29, 1.82) is 0 Å². The lowest BCUT2D eigenvalue weighted by molar-refractivity contribution is -0.140. The molecule has 0 spiro atoms. The Bertz CT molecular complexity index is 1720. The fourth-order valence-electron chi connectivity index (χ4n) is 4.70. The summed E-state index contributed by atoms with van der Waals surface area (Å²) in [6, 6.07) is 27.4. The Balaban J connectivity index is 1.82. The van der Waals surface area contributed by atoms with Crippen LogP contribution in [0.4, 0.5) is 5.69 Å². The molecule has 0 fully saturated rings. The van der Waals surface area contributed by atoms with Gasteiger partial charge in [-0.2, -0.15) is 0 Å². The van der Waals surface area contributed by atoms with Crippen molar-refractivity contribution in [3.8, 4) is 0 Å². The third kappa shape index (κ3) is 9.01. The summed E-state index contributed by atoms with van der Waals surface area (Å²) in [5.74, 6) is -0.838. The quantitative estimate of drug-likeness (QED) is 0.161. The summed E-state index contributed by atoms with van der Waals surface area (Å²) in [4.78, 5) is 29.7. The summed E-state index contributed by atoms with van der Waals surface area (Å²) < 4.78 is 29.1. The van der Waals surface area contributed by atoms with Crippen molar-refractivity contribution in [1.82, 2.24) is 10.2 Å². The van der Waals surface area contributed by atoms with Gasteiger partial charge in [-0.25, -0.2) is 8.42 Å². The molecule has 0 saturated heterocycles. The van der Waals surface area contributed by atoms with E-state index < -0.39 is 28.5 Å². The average molecular weight is 687 g/mol. The number of carbonyl (C=O) groups is 2. The third-order valence-corrected chi connectivity index (χ3v) is 9.72. The molecule has 0 aliphatic rings. The molecule has 0 bridgehead atoms. The van der Waals surface area contributed by atoms with E-state index >= 15 is 0 Å². The Kier molecular flexibility index (Phi) is 11.9. The number of hydrogen-bond donors (Lipinski definition) is 1. The molecule has 1 N–H and O–H groups in total. The Labute approximate surface area is 279 Å². The zero-order chi connectivity index (χ0) is 32.6. The van der Waals surface area contributed by atoms with Crippen molar-refractivity contribution in [3.05, 3.63) is 129 Å². The van der Waals surface area contributed by atoms with Gasteiger partial charge in [0.15, 0.2) is 0 Å². The predicted molar refractivity (Wildman–Crippen MR) is 181 cm³/mol. The van der Waals surface area contributed by atoms with Gasteiger partial charge in [0, 0.05) is 29.6 Å². The van der Waals surface area contributed by atoms with Crippen LogP contribution in [0.5, 0.6) is 0 Å². The van der Waals surface area contributed by atoms with Crippen molar-refractivity contribution in [3.63, 3.8) is 0 Å². The maximum atomic E-state index is 14.5. The lowest BCUT2D eigenvalue weighted by atomic mass is 10.0. The Morgan fingerprint density at radius 2 is 1.42 bits per heavy atom. The third-order valence-electron chi connectivity index (χ3n) is 7.04. The molecule has 1 atom stereocenters. The molecule has 4 aromatic rings. The Morgan fingerprint density at radius 3 is 2.04 bits per heavy atom. The van der Waals surface area contributed by atoms with Crippen LogP contribution in [0.1, 0.15) is 25.0 Å². The predicted octanol–water partition coefficient (Wildman–Crippen LogP) is 7.25. The Hall–Kier alpha value is -3.56. The van der Waals surface area contributed by atoms with Gasteiger partial charge in [-0.1, -0.05) is 115 Å². The lowest BCUT2D eigenvalue weighted by Gasteiger charge is -2.34. The van der Waals surface area contributed by atoms with Crippen LogP contribution < -0.4 is 9.62 Å². The summed E-state index contributed by atoms with van der Waals surface area (Å²) in [7, 11) is -4.26. The highest BCUT2D eigenvalue weighted by Gasteiger charge is 2.35. The molecule has 0 aliphatic carbocycles. The molecule has 0 radical (unpaired) electrons. The number of anilines is 1. The van der Waals surface area contributed by atoms with Gasteiger partial charge in [-0.3, -0.25) is 13.9 Å². The van der Waals surface area contributed by atoms with E-state index in [-0.39, 0.29) is 40.4 Å². The fourth-order valence-corrected chi connectivity index (χ4v) is 6.91. The van der Waals surface area contributed by atoms with E-state index in [2.05, 4.69) is 5.32 Å². The van der Waals surface area contributed by atoms with Crippen LogP contribution in [0.3, 0.4) is 0 Å². The molecule has 0 saturated carbocycles. The second kappa shape index (κ2) is 15.6. The average Bonchev–Trinajstić information content (AvgIpc) is 3.02. The molecule has 45 heavy (non-hydrogen) atoms. The summed E-state index contributed by atoms with van der Waals surface area (Å²) in [5, 5.41) is 3.82. The SMILES string of the molecule is CC(C)CNC(=O)C(Cc1ccccc1)N(Cc1ccc(Cl)cc1Cl)C(=O)CN(c1ccccc1Cl)S(=O)(=O)c1ccccc1. The minimum Gasteiger partial charge on any atom is -0.354 e. The van der Waals surface area contributed by atoms with Gasteiger partial charge in [0.25, 0.3) is 10.0 Å². The normalized spacial score (nSPS) is 12.0. The van der Waals surface area contributed by atoms with Crippen molar-refractivity contribution in [2.45, 2.75) is 37.8 Å². The van der Waals surface area contributed by atoms with E-state index in [4.69, 9.17) is 34.8 Å². The number of benzene rings is 4. The van der Waals surface area contributed by atoms with Crippen LogP contribution in [0.2, 0.25) is 15.1 Å². The number of nitrogens with zero attached hydrogens (tertiary/aromatic N) is 2. The van der Waals surface area contributed by atoms with Crippen LogP contribution in [0, 0.1) is 5.92 Å². The van der Waals surface area contributed by atoms with E-state index in [1.165, 1.54) is 23.1 Å². The first kappa shape index (κ1) is 34.3. The molecular formula is C34H34Cl3N3O4S. The number of rotatable bonds is 13. The smallest absolute Gasteiger partial charge is 0.264 e. The molecule has 11 heteroatoms. The van der Waals surface area contributed by atoms with E-state index in [1.54, 1.807) is 54.6 Å². The van der Waals surface area contributed by atoms with Gasteiger partial charge in [-0.05, 0) is 53.4 Å². The number of hydrogen-bond acceptors (Lipinski definition) is 4.